The molecule has 0 spiro atoms. The molecule has 0 aromatic heterocycles. The normalized spacial score (nSPS) is 14.2. The molecule has 1 atom stereocenters. The van der Waals surface area contributed by atoms with E-state index in [1.54, 1.807) is 13.0 Å². The molecule has 1 aromatic rings. The Kier molecular flexibility index (Phi) is 3.68. The molecule has 0 aliphatic carbocycles. The van der Waals surface area contributed by atoms with Gasteiger partial charge in [0.05, 0.1) is 12.7 Å². The average molecular weight is 178 g/mol. The highest BCUT2D eigenvalue weighted by molar-refractivity contribution is 5.24. The van der Waals surface area contributed by atoms with E-state index in [0.717, 1.165) is 11.1 Å². The molecule has 0 heterocycles. The van der Waals surface area contributed by atoms with Crippen LogP contribution in [0.1, 0.15) is 18.6 Å². The molecule has 0 fully saturated rings. The molecule has 1 aromatic carbocycles. The Bertz CT molecular complexity index is 277. The van der Waals surface area contributed by atoms with Crippen LogP contribution in [0.4, 0.5) is 0 Å². The molecule has 2 nitrogen and oxygen atoms in total. The number of hydrogen-bond acceptors (Lipinski definition) is 2. The van der Waals surface area contributed by atoms with Gasteiger partial charge in [0, 0.05) is 0 Å². The molecule has 0 saturated heterocycles. The molecule has 70 valence electrons. The summed E-state index contributed by atoms with van der Waals surface area (Å²) >= 11 is 0. The molecule has 0 aliphatic heterocycles. The van der Waals surface area contributed by atoms with Crippen molar-refractivity contribution in [1.29, 1.82) is 0 Å². The zero-order chi connectivity index (χ0) is 9.68. The predicted molar refractivity (Wildman–Crippen MR) is 52.2 cm³/mol. The van der Waals surface area contributed by atoms with E-state index >= 15 is 0 Å². The van der Waals surface area contributed by atoms with Crippen LogP contribution >= 0.6 is 0 Å². The smallest absolute Gasteiger partial charge is 0.0999 e. The van der Waals surface area contributed by atoms with Crippen LogP contribution in [0.2, 0.25) is 0 Å². The third-order valence-electron chi connectivity index (χ3n) is 1.96. The van der Waals surface area contributed by atoms with E-state index in [2.05, 4.69) is 0 Å². The summed E-state index contributed by atoms with van der Waals surface area (Å²) in [6.07, 6.45) is 1.01. The van der Waals surface area contributed by atoms with Crippen molar-refractivity contribution < 1.29 is 10.2 Å². The number of aliphatic hydroxyl groups excluding tert-OH is 2. The third-order valence-corrected chi connectivity index (χ3v) is 1.96. The average Bonchev–Trinajstić information content (AvgIpc) is 2.18. The largest absolute Gasteiger partial charge is 0.392 e. The fourth-order valence-electron chi connectivity index (χ4n) is 1.15. The van der Waals surface area contributed by atoms with Crippen molar-refractivity contribution in [1.82, 2.24) is 0 Å². The van der Waals surface area contributed by atoms with E-state index < -0.39 is 6.10 Å². The molecule has 1 rings (SSSR count). The zero-order valence-corrected chi connectivity index (χ0v) is 7.64. The van der Waals surface area contributed by atoms with E-state index in [4.69, 9.17) is 5.11 Å². The van der Waals surface area contributed by atoms with E-state index in [0.29, 0.717) is 0 Å². The number of aliphatic hydroxyl groups is 2. The summed E-state index contributed by atoms with van der Waals surface area (Å²) in [6.45, 7) is 1.77. The van der Waals surface area contributed by atoms with Crippen molar-refractivity contribution >= 4 is 0 Å². The number of hydrogen-bond donors (Lipinski definition) is 2. The molecule has 0 bridgehead atoms. The Hall–Kier alpha value is -1.12. The van der Waals surface area contributed by atoms with Crippen LogP contribution in [0.15, 0.2) is 42.0 Å². The Morgan fingerprint density at radius 3 is 2.54 bits per heavy atom. The first-order valence-electron chi connectivity index (χ1n) is 4.26. The van der Waals surface area contributed by atoms with Gasteiger partial charge in [0.25, 0.3) is 0 Å². The molecular weight excluding hydrogens is 164 g/mol. The van der Waals surface area contributed by atoms with E-state index in [9.17, 15) is 5.11 Å². The van der Waals surface area contributed by atoms with Crippen molar-refractivity contribution in [2.45, 2.75) is 13.0 Å². The second-order valence-corrected chi connectivity index (χ2v) is 2.94. The van der Waals surface area contributed by atoms with Crippen molar-refractivity contribution in [3.8, 4) is 0 Å². The van der Waals surface area contributed by atoms with Crippen LogP contribution in [-0.4, -0.2) is 16.8 Å². The van der Waals surface area contributed by atoms with Gasteiger partial charge in [-0.2, -0.15) is 0 Å². The summed E-state index contributed by atoms with van der Waals surface area (Å²) in [4.78, 5) is 0. The lowest BCUT2D eigenvalue weighted by Crippen LogP contribution is -1.99. The van der Waals surface area contributed by atoms with Crippen LogP contribution in [-0.2, 0) is 0 Å². The van der Waals surface area contributed by atoms with Crippen molar-refractivity contribution in [3.05, 3.63) is 47.5 Å². The first-order chi connectivity index (χ1) is 6.25. The molecule has 0 saturated carbocycles. The highest BCUT2D eigenvalue weighted by Gasteiger charge is 2.07. The van der Waals surface area contributed by atoms with Gasteiger partial charge >= 0.3 is 0 Å². The number of rotatable bonds is 3. The zero-order valence-electron chi connectivity index (χ0n) is 7.64. The van der Waals surface area contributed by atoms with Gasteiger partial charge in [0.1, 0.15) is 0 Å². The molecule has 2 heteroatoms. The van der Waals surface area contributed by atoms with E-state index in [-0.39, 0.29) is 6.61 Å². The van der Waals surface area contributed by atoms with Gasteiger partial charge in [-0.3, -0.25) is 0 Å². The summed E-state index contributed by atoms with van der Waals surface area (Å²) in [5.74, 6) is 0. The van der Waals surface area contributed by atoms with Gasteiger partial charge in [-0.25, -0.2) is 0 Å². The van der Waals surface area contributed by atoms with E-state index in [1.807, 2.05) is 30.3 Å². The summed E-state index contributed by atoms with van der Waals surface area (Å²) in [5, 5.41) is 18.4. The minimum Gasteiger partial charge on any atom is -0.392 e. The van der Waals surface area contributed by atoms with Crippen LogP contribution in [0.5, 0.6) is 0 Å². The fourth-order valence-corrected chi connectivity index (χ4v) is 1.15. The van der Waals surface area contributed by atoms with E-state index in [1.165, 1.54) is 0 Å². The topological polar surface area (TPSA) is 40.5 Å². The van der Waals surface area contributed by atoms with Gasteiger partial charge in [-0.15, -0.1) is 0 Å². The minimum absolute atomic E-state index is 0.0320. The Morgan fingerprint density at radius 2 is 2.00 bits per heavy atom. The molecule has 13 heavy (non-hydrogen) atoms. The first kappa shape index (κ1) is 9.96. The number of benzene rings is 1. The molecule has 0 amide bonds. The summed E-state index contributed by atoms with van der Waals surface area (Å²) in [5.41, 5.74) is 1.62. The Balaban J connectivity index is 2.79. The second kappa shape index (κ2) is 4.80. The maximum Gasteiger partial charge on any atom is 0.0999 e. The maximum absolute atomic E-state index is 9.74. The Morgan fingerprint density at radius 1 is 1.38 bits per heavy atom. The van der Waals surface area contributed by atoms with Crippen LogP contribution in [0.3, 0.4) is 0 Å². The third kappa shape index (κ3) is 2.68. The molecule has 0 aliphatic rings. The minimum atomic E-state index is -0.603. The summed E-state index contributed by atoms with van der Waals surface area (Å²) in [6, 6.07) is 9.38. The maximum atomic E-state index is 9.74. The van der Waals surface area contributed by atoms with Crippen LogP contribution in [0, 0.1) is 0 Å². The SMILES string of the molecule is C/C(=C\CO)C(O)c1ccccc1. The highest BCUT2D eigenvalue weighted by Crippen LogP contribution is 2.19. The summed E-state index contributed by atoms with van der Waals surface area (Å²) in [7, 11) is 0. The van der Waals surface area contributed by atoms with Crippen molar-refractivity contribution in [2.75, 3.05) is 6.61 Å². The Labute approximate surface area is 78.2 Å². The van der Waals surface area contributed by atoms with Gasteiger partial charge < -0.3 is 10.2 Å². The quantitative estimate of drug-likeness (QED) is 0.691. The first-order valence-corrected chi connectivity index (χ1v) is 4.26. The van der Waals surface area contributed by atoms with Crippen molar-refractivity contribution in [2.24, 2.45) is 0 Å². The van der Waals surface area contributed by atoms with Gasteiger partial charge in [-0.05, 0) is 18.1 Å². The summed E-state index contributed by atoms with van der Waals surface area (Å²) < 4.78 is 0. The van der Waals surface area contributed by atoms with Crippen LogP contribution in [0.25, 0.3) is 0 Å². The lowest BCUT2D eigenvalue weighted by molar-refractivity contribution is 0.213. The highest BCUT2D eigenvalue weighted by atomic mass is 16.3. The monoisotopic (exact) mass is 178 g/mol. The second-order valence-electron chi connectivity index (χ2n) is 2.94. The van der Waals surface area contributed by atoms with Gasteiger partial charge in [0.2, 0.25) is 0 Å². The van der Waals surface area contributed by atoms with Gasteiger partial charge in [0.15, 0.2) is 0 Å². The van der Waals surface area contributed by atoms with Gasteiger partial charge in [-0.1, -0.05) is 36.4 Å². The lowest BCUT2D eigenvalue weighted by Gasteiger charge is -2.10. The van der Waals surface area contributed by atoms with Crippen molar-refractivity contribution in [3.63, 3.8) is 0 Å². The predicted octanol–water partition coefficient (Wildman–Crippen LogP) is 1.66. The standard InChI is InChI=1S/C11H14O2/c1-9(7-8-12)11(13)10-5-3-2-4-6-10/h2-7,11-13H,8H2,1H3/b9-7+. The lowest BCUT2D eigenvalue weighted by atomic mass is 10.0. The van der Waals surface area contributed by atoms with Crippen LogP contribution < -0.4 is 0 Å². The fraction of sp³-hybridized carbons (Fsp3) is 0.273. The molecule has 1 unspecified atom stereocenters. The molecule has 0 radical (unpaired) electrons. The molecule has 2 N–H and O–H groups in total. The molecular formula is C11H14O2.